The van der Waals surface area contributed by atoms with Crippen LogP contribution >= 0.6 is 0 Å². The van der Waals surface area contributed by atoms with E-state index in [9.17, 15) is 19.5 Å². The lowest BCUT2D eigenvalue weighted by Gasteiger charge is -2.26. The number of aliphatic carboxylic acids is 1. The first-order valence-electron chi connectivity index (χ1n) is 21.7. The van der Waals surface area contributed by atoms with Crippen LogP contribution in [-0.2, 0) is 33.3 Å². The summed E-state index contributed by atoms with van der Waals surface area (Å²) in [7, 11) is 5.85. The minimum atomic E-state index is -1.66. The van der Waals surface area contributed by atoms with Gasteiger partial charge in [-0.1, -0.05) is 135 Å². The molecule has 0 saturated carbocycles. The molecular weight excluding hydrogens is 743 g/mol. The molecule has 0 aromatic heterocycles. The number of nitrogens with zero attached hydrogens (tertiary/aromatic N) is 1. The largest absolute Gasteiger partial charge is 0.545 e. The summed E-state index contributed by atoms with van der Waals surface area (Å²) in [6, 6.07) is 0. The molecule has 0 aliphatic rings. The van der Waals surface area contributed by atoms with Crippen molar-refractivity contribution in [1.82, 2.24) is 0 Å². The maximum Gasteiger partial charge on any atom is 0.306 e. The summed E-state index contributed by atoms with van der Waals surface area (Å²) in [5.41, 5.74) is 0. The van der Waals surface area contributed by atoms with Crippen molar-refractivity contribution in [3.05, 3.63) is 122 Å². The predicted octanol–water partition coefficient (Wildman–Crippen LogP) is 10.1. The highest BCUT2D eigenvalue weighted by atomic mass is 16.7. The summed E-state index contributed by atoms with van der Waals surface area (Å²) in [6.07, 6.45) is 52.5. The molecule has 330 valence electrons. The Balaban J connectivity index is 4.69. The van der Waals surface area contributed by atoms with Gasteiger partial charge in [0.2, 0.25) is 0 Å². The van der Waals surface area contributed by atoms with Gasteiger partial charge in [0.25, 0.3) is 0 Å². The number of carbonyl (C=O) groups excluding carboxylic acids is 3. The van der Waals surface area contributed by atoms with E-state index in [4.69, 9.17) is 18.9 Å². The Hall–Kier alpha value is -4.31. The van der Waals surface area contributed by atoms with Crippen molar-refractivity contribution in [2.24, 2.45) is 0 Å². The van der Waals surface area contributed by atoms with E-state index in [-0.39, 0.29) is 32.7 Å². The van der Waals surface area contributed by atoms with Gasteiger partial charge in [-0.05, 0) is 89.9 Å². The van der Waals surface area contributed by atoms with Gasteiger partial charge in [-0.15, -0.1) is 0 Å². The highest BCUT2D eigenvalue weighted by molar-refractivity contribution is 5.70. The first kappa shape index (κ1) is 54.7. The van der Waals surface area contributed by atoms with Crippen molar-refractivity contribution in [2.75, 3.05) is 47.5 Å². The summed E-state index contributed by atoms with van der Waals surface area (Å²) in [6.45, 7) is 4.32. The van der Waals surface area contributed by atoms with E-state index in [0.717, 1.165) is 77.0 Å². The van der Waals surface area contributed by atoms with Crippen LogP contribution in [0.1, 0.15) is 117 Å². The van der Waals surface area contributed by atoms with E-state index in [1.54, 1.807) is 0 Å². The maximum atomic E-state index is 12.7. The number of esters is 2. The van der Waals surface area contributed by atoms with Gasteiger partial charge in [0.15, 0.2) is 12.4 Å². The van der Waals surface area contributed by atoms with E-state index < -0.39 is 30.3 Å². The van der Waals surface area contributed by atoms with Crippen LogP contribution in [0.2, 0.25) is 0 Å². The number of carboxylic acid groups (broad SMARTS) is 1. The summed E-state index contributed by atoms with van der Waals surface area (Å²) in [4.78, 5) is 36.9. The van der Waals surface area contributed by atoms with Gasteiger partial charge in [0.1, 0.15) is 13.2 Å². The fourth-order valence-electron chi connectivity index (χ4n) is 4.90. The second-order valence-corrected chi connectivity index (χ2v) is 14.9. The molecule has 0 aliphatic carbocycles. The van der Waals surface area contributed by atoms with Gasteiger partial charge in [0, 0.05) is 12.8 Å². The van der Waals surface area contributed by atoms with Crippen molar-refractivity contribution in [3.63, 3.8) is 0 Å². The van der Waals surface area contributed by atoms with E-state index in [0.29, 0.717) is 23.9 Å². The molecule has 0 amide bonds. The van der Waals surface area contributed by atoms with E-state index in [1.807, 2.05) is 33.3 Å². The van der Waals surface area contributed by atoms with Crippen LogP contribution in [0.5, 0.6) is 0 Å². The fourth-order valence-corrected chi connectivity index (χ4v) is 4.90. The lowest BCUT2D eigenvalue weighted by molar-refractivity contribution is -0.870. The van der Waals surface area contributed by atoms with E-state index >= 15 is 0 Å². The Labute approximate surface area is 357 Å². The first-order valence-corrected chi connectivity index (χ1v) is 21.7. The monoisotopic (exact) mass is 820 g/mol. The maximum absolute atomic E-state index is 12.7. The second kappa shape index (κ2) is 40.5. The summed E-state index contributed by atoms with van der Waals surface area (Å²) in [5, 5.41) is 11.7. The molecule has 0 heterocycles. The molecule has 0 spiro atoms. The second-order valence-electron chi connectivity index (χ2n) is 14.9. The smallest absolute Gasteiger partial charge is 0.306 e. The van der Waals surface area contributed by atoms with Gasteiger partial charge in [-0.2, -0.15) is 0 Å². The molecule has 2 unspecified atom stereocenters. The number of ether oxygens (including phenoxy) is 4. The number of quaternary nitrogens is 1. The number of rotatable bonds is 37. The number of carbonyl (C=O) groups is 3. The van der Waals surface area contributed by atoms with Crippen molar-refractivity contribution < 1.29 is 42.9 Å². The molecule has 0 aliphatic heterocycles. The van der Waals surface area contributed by atoms with Crippen LogP contribution in [0.4, 0.5) is 0 Å². The summed E-state index contributed by atoms with van der Waals surface area (Å²) in [5.74, 6) is -2.48. The molecule has 0 fully saturated rings. The SMILES string of the molecule is CC/C=C\C/C=C\C/C=C\C/C=C\C/C=C\C/C=C\CCC(=O)OC(COC(=O)CCCC/C=C\C/C=C\C/C=C\C/C=C\CC)COC(OCC[N+](C)(C)C)C(=O)[O-]. The Morgan fingerprint density at radius 1 is 0.508 bits per heavy atom. The average Bonchev–Trinajstić information content (AvgIpc) is 3.19. The van der Waals surface area contributed by atoms with Crippen molar-refractivity contribution in [1.29, 1.82) is 0 Å². The molecule has 59 heavy (non-hydrogen) atoms. The number of allylic oxidation sites excluding steroid dienone is 20. The molecule has 2 atom stereocenters. The van der Waals surface area contributed by atoms with Gasteiger partial charge >= 0.3 is 11.9 Å². The topological polar surface area (TPSA) is 111 Å². The van der Waals surface area contributed by atoms with Gasteiger partial charge < -0.3 is 33.3 Å². The Bertz CT molecular complexity index is 1370. The average molecular weight is 820 g/mol. The molecule has 0 rings (SSSR count). The van der Waals surface area contributed by atoms with Crippen LogP contribution in [-0.4, -0.2) is 82.3 Å². The van der Waals surface area contributed by atoms with Gasteiger partial charge in [-0.3, -0.25) is 9.59 Å². The number of carboxylic acids is 1. The third-order valence-electron chi connectivity index (χ3n) is 8.22. The highest BCUT2D eigenvalue weighted by Gasteiger charge is 2.21. The number of likely N-dealkylation sites (N-methyl/N-ethyl adjacent to an activating group) is 1. The minimum Gasteiger partial charge on any atom is -0.545 e. The molecule has 0 bridgehead atoms. The van der Waals surface area contributed by atoms with Crippen LogP contribution in [0.15, 0.2) is 122 Å². The number of hydrogen-bond acceptors (Lipinski definition) is 8. The van der Waals surface area contributed by atoms with Crippen molar-refractivity contribution >= 4 is 17.9 Å². The Morgan fingerprint density at radius 3 is 1.36 bits per heavy atom. The zero-order valence-electron chi connectivity index (χ0n) is 37.1. The Kier molecular flexibility index (Phi) is 37.5. The molecule has 0 saturated heterocycles. The highest BCUT2D eigenvalue weighted by Crippen LogP contribution is 2.08. The molecule has 9 heteroatoms. The summed E-state index contributed by atoms with van der Waals surface area (Å²) >= 11 is 0. The fraction of sp³-hybridized carbons (Fsp3) is 0.540. The zero-order chi connectivity index (χ0) is 43.5. The predicted molar refractivity (Wildman–Crippen MR) is 241 cm³/mol. The third-order valence-corrected chi connectivity index (χ3v) is 8.22. The minimum absolute atomic E-state index is 0.105. The Morgan fingerprint density at radius 2 is 0.932 bits per heavy atom. The standard InChI is InChI=1S/C50H77NO8/c1-6-8-10-12-14-16-18-20-22-23-24-25-27-29-31-33-35-37-39-41-48(53)59-46(45-58-50(49(54)55)56-43-42-51(3,4)5)44-57-47(52)40-38-36-34-32-30-28-26-21-19-17-15-13-11-9-7-2/h8-11,14-17,20-22,24-26,29-32,35,37,46,50H,6-7,12-13,18-19,23,27-28,33-34,36,38-45H2,1-5H3/b10-8-,11-9-,16-14-,17-15-,22-20-,25-24-,26-21-,31-29-,32-30-,37-35-. The molecule has 0 aromatic rings. The zero-order valence-corrected chi connectivity index (χ0v) is 37.1. The first-order chi connectivity index (χ1) is 28.6. The van der Waals surface area contributed by atoms with Crippen LogP contribution in [0.3, 0.4) is 0 Å². The number of hydrogen-bond donors (Lipinski definition) is 0. The molecule has 9 nitrogen and oxygen atoms in total. The van der Waals surface area contributed by atoms with Crippen LogP contribution in [0.25, 0.3) is 0 Å². The van der Waals surface area contributed by atoms with Gasteiger partial charge in [0.05, 0.1) is 40.3 Å². The van der Waals surface area contributed by atoms with Crippen molar-refractivity contribution in [3.8, 4) is 0 Å². The lowest BCUT2D eigenvalue weighted by atomic mass is 10.2. The van der Waals surface area contributed by atoms with Crippen LogP contribution < -0.4 is 5.11 Å². The third kappa shape index (κ3) is 41.6. The molecule has 0 radical (unpaired) electrons. The summed E-state index contributed by atoms with van der Waals surface area (Å²) < 4.78 is 22.4. The normalized spacial score (nSPS) is 14.1. The lowest BCUT2D eigenvalue weighted by Crippen LogP contribution is -2.44. The van der Waals surface area contributed by atoms with E-state index in [1.165, 1.54) is 0 Å². The molecule has 0 N–H and O–H groups in total. The molecular formula is C50H77NO8. The van der Waals surface area contributed by atoms with Gasteiger partial charge in [-0.25, -0.2) is 0 Å². The number of unbranched alkanes of at least 4 members (excludes halogenated alkanes) is 2. The van der Waals surface area contributed by atoms with Crippen molar-refractivity contribution in [2.45, 2.75) is 129 Å². The molecule has 0 aromatic carbocycles. The quantitative estimate of drug-likeness (QED) is 0.0200. The van der Waals surface area contributed by atoms with E-state index in [2.05, 4.69) is 123 Å². The van der Waals surface area contributed by atoms with Crippen LogP contribution in [0, 0.1) is 0 Å².